The first-order chi connectivity index (χ1) is 10.2. The Labute approximate surface area is 128 Å². The van der Waals surface area contributed by atoms with Crippen molar-refractivity contribution in [3.05, 3.63) is 29.8 Å². The van der Waals surface area contributed by atoms with Gasteiger partial charge in [-0.25, -0.2) is 4.79 Å². The summed E-state index contributed by atoms with van der Waals surface area (Å²) in [6, 6.07) is 7.71. The van der Waals surface area contributed by atoms with E-state index in [1.165, 1.54) is 19.3 Å². The van der Waals surface area contributed by atoms with Crippen molar-refractivity contribution in [2.75, 3.05) is 13.2 Å². The van der Waals surface area contributed by atoms with Crippen molar-refractivity contribution >= 4 is 6.03 Å². The van der Waals surface area contributed by atoms with E-state index in [4.69, 9.17) is 4.74 Å². The average Bonchev–Trinajstić information content (AvgIpc) is 2.48. The van der Waals surface area contributed by atoms with Gasteiger partial charge in [0.15, 0.2) is 0 Å². The summed E-state index contributed by atoms with van der Waals surface area (Å²) in [4.78, 5) is 11.8. The Hall–Kier alpha value is -1.71. The molecule has 0 bridgehead atoms. The van der Waals surface area contributed by atoms with Crippen LogP contribution in [0.2, 0.25) is 0 Å². The lowest BCUT2D eigenvalue weighted by Crippen LogP contribution is -2.37. The first-order valence-corrected chi connectivity index (χ1v) is 7.94. The Kier molecular flexibility index (Phi) is 8.32. The summed E-state index contributed by atoms with van der Waals surface area (Å²) < 4.78 is 5.41. The largest absolute Gasteiger partial charge is 0.494 e. The van der Waals surface area contributed by atoms with Crippen LogP contribution in [0.1, 0.15) is 58.1 Å². The molecule has 2 N–H and O–H groups in total. The molecule has 0 saturated carbocycles. The maximum absolute atomic E-state index is 11.8. The van der Waals surface area contributed by atoms with Crippen LogP contribution in [0.4, 0.5) is 4.79 Å². The number of benzene rings is 1. The normalized spacial score (nSPS) is 11.8. The Morgan fingerprint density at radius 3 is 2.48 bits per heavy atom. The summed E-state index contributed by atoms with van der Waals surface area (Å²) in [6.07, 6.45) is 4.65. The van der Waals surface area contributed by atoms with E-state index in [0.29, 0.717) is 6.61 Å². The maximum Gasteiger partial charge on any atom is 0.315 e. The van der Waals surface area contributed by atoms with Crippen molar-refractivity contribution < 1.29 is 9.53 Å². The molecular formula is C17H28N2O2. The van der Waals surface area contributed by atoms with E-state index in [9.17, 15) is 4.79 Å². The highest BCUT2D eigenvalue weighted by Gasteiger charge is 2.08. The number of nitrogens with one attached hydrogen (secondary N) is 2. The molecule has 1 aromatic rings. The highest BCUT2D eigenvalue weighted by Crippen LogP contribution is 2.17. The van der Waals surface area contributed by atoms with Crippen LogP contribution in [-0.2, 0) is 0 Å². The number of rotatable bonds is 9. The molecule has 0 aliphatic heterocycles. The number of amides is 2. The molecule has 2 amide bonds. The van der Waals surface area contributed by atoms with Gasteiger partial charge in [-0.1, -0.05) is 38.3 Å². The zero-order valence-electron chi connectivity index (χ0n) is 13.4. The number of unbranched alkanes of at least 4 members (excludes halogenated alkanes) is 3. The molecule has 0 saturated heterocycles. The number of carbonyl (C=O) groups excluding carboxylic acids is 1. The van der Waals surface area contributed by atoms with Gasteiger partial charge in [0.05, 0.1) is 12.6 Å². The second-order valence-corrected chi connectivity index (χ2v) is 5.18. The van der Waals surface area contributed by atoms with Gasteiger partial charge in [0.25, 0.3) is 0 Å². The molecule has 1 rings (SSSR count). The highest BCUT2D eigenvalue weighted by molar-refractivity contribution is 5.74. The smallest absolute Gasteiger partial charge is 0.315 e. The van der Waals surface area contributed by atoms with Gasteiger partial charge in [-0.2, -0.15) is 0 Å². The lowest BCUT2D eigenvalue weighted by Gasteiger charge is -2.15. The zero-order chi connectivity index (χ0) is 15.5. The van der Waals surface area contributed by atoms with Crippen LogP contribution in [0.5, 0.6) is 5.75 Å². The minimum absolute atomic E-state index is 0.0173. The quantitative estimate of drug-likeness (QED) is 0.675. The van der Waals surface area contributed by atoms with E-state index in [-0.39, 0.29) is 12.1 Å². The third-order valence-corrected chi connectivity index (χ3v) is 3.35. The van der Waals surface area contributed by atoms with Crippen LogP contribution >= 0.6 is 0 Å². The fourth-order valence-corrected chi connectivity index (χ4v) is 2.10. The van der Waals surface area contributed by atoms with Gasteiger partial charge < -0.3 is 15.4 Å². The van der Waals surface area contributed by atoms with Gasteiger partial charge in [0.1, 0.15) is 5.75 Å². The molecule has 1 unspecified atom stereocenters. The SMILES string of the molecule is CCCCCCNC(=O)NC(C)c1ccc(OCC)cc1. The molecule has 1 atom stereocenters. The van der Waals surface area contributed by atoms with Gasteiger partial charge in [-0.05, 0) is 38.0 Å². The van der Waals surface area contributed by atoms with Crippen molar-refractivity contribution in [2.24, 2.45) is 0 Å². The Morgan fingerprint density at radius 1 is 1.14 bits per heavy atom. The fraction of sp³-hybridized carbons (Fsp3) is 0.588. The van der Waals surface area contributed by atoms with Gasteiger partial charge >= 0.3 is 6.03 Å². The van der Waals surface area contributed by atoms with Crippen molar-refractivity contribution in [2.45, 2.75) is 52.5 Å². The molecule has 4 heteroatoms. The summed E-state index contributed by atoms with van der Waals surface area (Å²) in [5.41, 5.74) is 1.07. The van der Waals surface area contributed by atoms with Crippen LogP contribution in [0.15, 0.2) is 24.3 Å². The van der Waals surface area contributed by atoms with E-state index in [0.717, 1.165) is 24.3 Å². The van der Waals surface area contributed by atoms with Gasteiger partial charge in [0, 0.05) is 6.54 Å². The van der Waals surface area contributed by atoms with E-state index in [1.807, 2.05) is 38.1 Å². The van der Waals surface area contributed by atoms with Gasteiger partial charge in [0.2, 0.25) is 0 Å². The predicted octanol–water partition coefficient (Wildman–Crippen LogP) is 4.03. The first kappa shape index (κ1) is 17.3. The standard InChI is InChI=1S/C17H28N2O2/c1-4-6-7-8-13-18-17(20)19-14(3)15-9-11-16(12-10-15)21-5-2/h9-12,14H,4-8,13H2,1-3H3,(H2,18,19,20). The number of carbonyl (C=O) groups is 1. The molecule has 0 heterocycles. The number of hydrogen-bond acceptors (Lipinski definition) is 2. The summed E-state index contributed by atoms with van der Waals surface area (Å²) in [5.74, 6) is 0.855. The topological polar surface area (TPSA) is 50.4 Å². The van der Waals surface area contributed by atoms with Crippen LogP contribution < -0.4 is 15.4 Å². The molecule has 21 heavy (non-hydrogen) atoms. The number of hydrogen-bond donors (Lipinski definition) is 2. The summed E-state index contributed by atoms with van der Waals surface area (Å²) in [5, 5.41) is 5.85. The predicted molar refractivity (Wildman–Crippen MR) is 86.7 cm³/mol. The monoisotopic (exact) mass is 292 g/mol. The molecular weight excluding hydrogens is 264 g/mol. The van der Waals surface area contributed by atoms with Gasteiger partial charge in [-0.3, -0.25) is 0 Å². The number of ether oxygens (including phenoxy) is 1. The maximum atomic E-state index is 11.8. The van der Waals surface area contributed by atoms with Crippen molar-refractivity contribution in [1.82, 2.24) is 10.6 Å². The Bertz CT molecular complexity index is 404. The van der Waals surface area contributed by atoms with E-state index < -0.39 is 0 Å². The second-order valence-electron chi connectivity index (χ2n) is 5.18. The Morgan fingerprint density at radius 2 is 1.86 bits per heavy atom. The molecule has 0 aliphatic carbocycles. The lowest BCUT2D eigenvalue weighted by atomic mass is 10.1. The van der Waals surface area contributed by atoms with Crippen molar-refractivity contribution in [3.8, 4) is 5.75 Å². The minimum Gasteiger partial charge on any atom is -0.494 e. The molecule has 0 aliphatic rings. The van der Waals surface area contributed by atoms with E-state index in [1.54, 1.807) is 0 Å². The molecule has 0 radical (unpaired) electrons. The fourth-order valence-electron chi connectivity index (χ4n) is 2.10. The third kappa shape index (κ3) is 7.02. The molecule has 0 spiro atoms. The van der Waals surface area contributed by atoms with Gasteiger partial charge in [-0.15, -0.1) is 0 Å². The average molecular weight is 292 g/mol. The summed E-state index contributed by atoms with van der Waals surface area (Å²) in [7, 11) is 0. The van der Waals surface area contributed by atoms with Crippen LogP contribution in [0.25, 0.3) is 0 Å². The first-order valence-electron chi connectivity index (χ1n) is 7.94. The lowest BCUT2D eigenvalue weighted by molar-refractivity contribution is 0.237. The minimum atomic E-state index is -0.104. The summed E-state index contributed by atoms with van der Waals surface area (Å²) >= 11 is 0. The summed E-state index contributed by atoms with van der Waals surface area (Å²) in [6.45, 7) is 7.52. The second kappa shape index (κ2) is 10.1. The van der Waals surface area contributed by atoms with Crippen LogP contribution in [-0.4, -0.2) is 19.2 Å². The molecule has 0 aromatic heterocycles. The highest BCUT2D eigenvalue weighted by atomic mass is 16.5. The molecule has 1 aromatic carbocycles. The van der Waals surface area contributed by atoms with Crippen molar-refractivity contribution in [1.29, 1.82) is 0 Å². The van der Waals surface area contributed by atoms with Crippen molar-refractivity contribution in [3.63, 3.8) is 0 Å². The van der Waals surface area contributed by atoms with E-state index in [2.05, 4.69) is 17.6 Å². The zero-order valence-corrected chi connectivity index (χ0v) is 13.4. The van der Waals surface area contributed by atoms with Crippen LogP contribution in [0.3, 0.4) is 0 Å². The molecule has 4 nitrogen and oxygen atoms in total. The molecule has 0 fully saturated rings. The number of urea groups is 1. The Balaban J connectivity index is 2.31. The van der Waals surface area contributed by atoms with E-state index >= 15 is 0 Å². The molecule has 118 valence electrons. The van der Waals surface area contributed by atoms with Crippen LogP contribution in [0, 0.1) is 0 Å². The third-order valence-electron chi connectivity index (χ3n) is 3.35.